The molecule has 3 N–H and O–H groups in total. The second-order valence-corrected chi connectivity index (χ2v) is 4.70. The summed E-state index contributed by atoms with van der Waals surface area (Å²) in [5, 5.41) is 2.60. The first-order chi connectivity index (χ1) is 10.6. The fourth-order valence-corrected chi connectivity index (χ4v) is 1.95. The molecular formula is C16H17N3O3. The summed E-state index contributed by atoms with van der Waals surface area (Å²) < 4.78 is 5.07. The van der Waals surface area contributed by atoms with Crippen molar-refractivity contribution in [1.82, 2.24) is 10.3 Å². The number of carbonyl (C=O) groups excluding carboxylic acids is 2. The lowest BCUT2D eigenvalue weighted by molar-refractivity contribution is -0.119. The van der Waals surface area contributed by atoms with Crippen LogP contribution in [-0.2, 0) is 11.2 Å². The highest BCUT2D eigenvalue weighted by atomic mass is 16.5. The summed E-state index contributed by atoms with van der Waals surface area (Å²) in [6, 6.07) is 11.4. The molecule has 114 valence electrons. The fraction of sp³-hybridized carbons (Fsp3) is 0.188. The maximum Gasteiger partial charge on any atom is 0.270 e. The molecule has 0 spiro atoms. The van der Waals surface area contributed by atoms with Gasteiger partial charge < -0.3 is 15.8 Å². The van der Waals surface area contributed by atoms with Crippen LogP contribution in [0, 0.1) is 0 Å². The third-order valence-electron chi connectivity index (χ3n) is 3.15. The summed E-state index contributed by atoms with van der Waals surface area (Å²) in [6.45, 7) is 0. The highest BCUT2D eigenvalue weighted by Crippen LogP contribution is 2.12. The normalized spacial score (nSPS) is 11.5. The maximum absolute atomic E-state index is 12.0. The number of hydrogen-bond acceptors (Lipinski definition) is 4. The predicted molar refractivity (Wildman–Crippen MR) is 81.4 cm³/mol. The van der Waals surface area contributed by atoms with Gasteiger partial charge in [0, 0.05) is 12.6 Å². The molecule has 2 amide bonds. The van der Waals surface area contributed by atoms with Crippen LogP contribution in [0.1, 0.15) is 16.1 Å². The Labute approximate surface area is 128 Å². The van der Waals surface area contributed by atoms with Crippen LogP contribution in [-0.4, -0.2) is 29.9 Å². The van der Waals surface area contributed by atoms with Gasteiger partial charge in [0.15, 0.2) is 0 Å². The number of nitrogens with one attached hydrogen (secondary N) is 1. The van der Waals surface area contributed by atoms with E-state index in [-0.39, 0.29) is 5.69 Å². The molecule has 2 aromatic rings. The van der Waals surface area contributed by atoms with Gasteiger partial charge in [-0.1, -0.05) is 18.2 Å². The van der Waals surface area contributed by atoms with E-state index < -0.39 is 17.9 Å². The number of hydrogen-bond donors (Lipinski definition) is 2. The van der Waals surface area contributed by atoms with Crippen LogP contribution in [0.3, 0.4) is 0 Å². The Bertz CT molecular complexity index is 641. The van der Waals surface area contributed by atoms with E-state index >= 15 is 0 Å². The van der Waals surface area contributed by atoms with Crippen LogP contribution in [0.25, 0.3) is 0 Å². The van der Waals surface area contributed by atoms with Gasteiger partial charge in [-0.15, -0.1) is 0 Å². The summed E-state index contributed by atoms with van der Waals surface area (Å²) in [4.78, 5) is 27.5. The summed E-state index contributed by atoms with van der Waals surface area (Å²) in [5.74, 6) is -0.310. The molecule has 1 aromatic heterocycles. The first-order valence-electron chi connectivity index (χ1n) is 6.74. The van der Waals surface area contributed by atoms with Crippen LogP contribution in [0.5, 0.6) is 5.75 Å². The van der Waals surface area contributed by atoms with Gasteiger partial charge in [-0.3, -0.25) is 14.6 Å². The van der Waals surface area contributed by atoms with Crippen LogP contribution in [0.2, 0.25) is 0 Å². The standard InChI is InChI=1S/C16H17N3O3/c1-22-12-7-5-11(6-8-12)10-14(15(17)20)19-16(21)13-4-2-3-9-18-13/h2-9,14H,10H2,1H3,(H2,17,20)(H,19,21)/t14-/m0/s1. The van der Waals surface area contributed by atoms with Crippen LogP contribution in [0.15, 0.2) is 48.7 Å². The van der Waals surface area contributed by atoms with Crippen molar-refractivity contribution in [2.75, 3.05) is 7.11 Å². The Balaban J connectivity index is 2.06. The van der Waals surface area contributed by atoms with Crippen LogP contribution in [0.4, 0.5) is 0 Å². The van der Waals surface area contributed by atoms with Crippen molar-refractivity contribution in [1.29, 1.82) is 0 Å². The monoisotopic (exact) mass is 299 g/mol. The maximum atomic E-state index is 12.0. The molecule has 0 aliphatic rings. The second-order valence-electron chi connectivity index (χ2n) is 4.70. The van der Waals surface area contributed by atoms with E-state index in [1.807, 2.05) is 12.1 Å². The number of carbonyl (C=O) groups is 2. The fourth-order valence-electron chi connectivity index (χ4n) is 1.95. The van der Waals surface area contributed by atoms with Gasteiger partial charge >= 0.3 is 0 Å². The van der Waals surface area contributed by atoms with E-state index in [1.54, 1.807) is 37.4 Å². The SMILES string of the molecule is COc1ccc(C[C@H](NC(=O)c2ccccn2)C(N)=O)cc1. The Morgan fingerprint density at radius 3 is 2.50 bits per heavy atom. The Morgan fingerprint density at radius 1 is 1.23 bits per heavy atom. The molecule has 2 rings (SSSR count). The third-order valence-corrected chi connectivity index (χ3v) is 3.15. The number of aromatic nitrogens is 1. The average Bonchev–Trinajstić information content (AvgIpc) is 2.55. The number of benzene rings is 1. The van der Waals surface area contributed by atoms with E-state index in [1.165, 1.54) is 6.20 Å². The number of primary amides is 1. The number of nitrogens with two attached hydrogens (primary N) is 1. The lowest BCUT2D eigenvalue weighted by atomic mass is 10.1. The minimum Gasteiger partial charge on any atom is -0.497 e. The molecule has 0 bridgehead atoms. The molecule has 1 aromatic carbocycles. The van der Waals surface area contributed by atoms with E-state index in [4.69, 9.17) is 10.5 Å². The smallest absolute Gasteiger partial charge is 0.270 e. The molecule has 0 fully saturated rings. The van der Waals surface area contributed by atoms with Gasteiger partial charge in [-0.05, 0) is 29.8 Å². The molecule has 0 saturated heterocycles. The Hall–Kier alpha value is -2.89. The zero-order chi connectivity index (χ0) is 15.9. The molecule has 0 radical (unpaired) electrons. The number of rotatable bonds is 6. The van der Waals surface area contributed by atoms with Gasteiger partial charge in [0.1, 0.15) is 17.5 Å². The number of amides is 2. The Morgan fingerprint density at radius 2 is 1.95 bits per heavy atom. The molecule has 6 heteroatoms. The lowest BCUT2D eigenvalue weighted by Gasteiger charge is -2.15. The van der Waals surface area contributed by atoms with Gasteiger partial charge in [0.05, 0.1) is 7.11 Å². The number of ether oxygens (including phenoxy) is 1. The van der Waals surface area contributed by atoms with Gasteiger partial charge in [-0.25, -0.2) is 0 Å². The zero-order valence-corrected chi connectivity index (χ0v) is 12.2. The molecule has 6 nitrogen and oxygen atoms in total. The van der Waals surface area contributed by atoms with E-state index in [9.17, 15) is 9.59 Å². The summed E-state index contributed by atoms with van der Waals surface area (Å²) in [7, 11) is 1.58. The van der Waals surface area contributed by atoms with Crippen molar-refractivity contribution in [2.24, 2.45) is 5.73 Å². The summed E-state index contributed by atoms with van der Waals surface area (Å²) in [5.41, 5.74) is 6.47. The molecular weight excluding hydrogens is 282 g/mol. The summed E-state index contributed by atoms with van der Waals surface area (Å²) >= 11 is 0. The molecule has 22 heavy (non-hydrogen) atoms. The Kier molecular flexibility index (Phi) is 5.08. The highest BCUT2D eigenvalue weighted by molar-refractivity contribution is 5.95. The molecule has 1 atom stereocenters. The molecule has 0 saturated carbocycles. The minimum atomic E-state index is -0.803. The second kappa shape index (κ2) is 7.21. The summed E-state index contributed by atoms with van der Waals surface area (Å²) in [6.07, 6.45) is 1.82. The lowest BCUT2D eigenvalue weighted by Crippen LogP contribution is -2.46. The van der Waals surface area contributed by atoms with Gasteiger partial charge in [0.25, 0.3) is 5.91 Å². The minimum absolute atomic E-state index is 0.239. The molecule has 1 heterocycles. The van der Waals surface area contributed by atoms with Crippen molar-refractivity contribution in [3.8, 4) is 5.75 Å². The first-order valence-corrected chi connectivity index (χ1v) is 6.74. The highest BCUT2D eigenvalue weighted by Gasteiger charge is 2.20. The molecule has 0 unspecified atom stereocenters. The van der Waals surface area contributed by atoms with E-state index in [2.05, 4.69) is 10.3 Å². The van der Waals surface area contributed by atoms with Crippen LogP contribution >= 0.6 is 0 Å². The quantitative estimate of drug-likeness (QED) is 0.829. The topological polar surface area (TPSA) is 94.3 Å². The van der Waals surface area contributed by atoms with E-state index in [0.717, 1.165) is 11.3 Å². The van der Waals surface area contributed by atoms with Crippen molar-refractivity contribution >= 4 is 11.8 Å². The zero-order valence-electron chi connectivity index (χ0n) is 12.2. The first kappa shape index (κ1) is 15.5. The molecule has 0 aliphatic carbocycles. The largest absolute Gasteiger partial charge is 0.497 e. The van der Waals surface area contributed by atoms with Gasteiger partial charge in [-0.2, -0.15) is 0 Å². The van der Waals surface area contributed by atoms with Crippen LogP contribution < -0.4 is 15.8 Å². The third kappa shape index (κ3) is 4.05. The predicted octanol–water partition coefficient (Wildman–Crippen LogP) is 0.917. The van der Waals surface area contributed by atoms with E-state index in [0.29, 0.717) is 6.42 Å². The van der Waals surface area contributed by atoms with Crippen molar-refractivity contribution < 1.29 is 14.3 Å². The number of nitrogens with zero attached hydrogens (tertiary/aromatic N) is 1. The number of pyridine rings is 1. The van der Waals surface area contributed by atoms with Gasteiger partial charge in [0.2, 0.25) is 5.91 Å². The van der Waals surface area contributed by atoms with Crippen molar-refractivity contribution in [2.45, 2.75) is 12.5 Å². The van der Waals surface area contributed by atoms with Crippen molar-refractivity contribution in [3.05, 3.63) is 59.9 Å². The molecule has 0 aliphatic heterocycles. The number of methoxy groups -OCH3 is 1. The average molecular weight is 299 g/mol. The van der Waals surface area contributed by atoms with Crippen molar-refractivity contribution in [3.63, 3.8) is 0 Å².